The molecule has 3 amide bonds. The number of carbonyl (C=O) groups excluding carboxylic acids is 3. The van der Waals surface area contributed by atoms with Gasteiger partial charge in [0, 0.05) is 112 Å². The number of pyridine rings is 1. The van der Waals surface area contributed by atoms with Gasteiger partial charge in [-0.2, -0.15) is 5.26 Å². The summed E-state index contributed by atoms with van der Waals surface area (Å²) in [5.41, 5.74) is 3.17. The molecule has 1 atom stereocenters. The molecule has 5 heterocycles. The predicted molar refractivity (Wildman–Crippen MR) is 239 cm³/mol. The molecular formula is C49H57FN8O5. The van der Waals surface area contributed by atoms with Crippen LogP contribution in [-0.4, -0.2) is 103 Å². The Hall–Kier alpha value is -5.94. The van der Waals surface area contributed by atoms with E-state index in [-0.39, 0.29) is 40.9 Å². The van der Waals surface area contributed by atoms with Crippen molar-refractivity contribution in [2.45, 2.75) is 78.1 Å². The summed E-state index contributed by atoms with van der Waals surface area (Å²) in [5, 5.41) is 16.1. The van der Waals surface area contributed by atoms with Gasteiger partial charge in [-0.15, -0.1) is 0 Å². The number of carbonyl (C=O) groups is 3. The van der Waals surface area contributed by atoms with Crippen molar-refractivity contribution in [2.75, 3.05) is 62.2 Å². The van der Waals surface area contributed by atoms with E-state index in [1.54, 1.807) is 47.0 Å². The Morgan fingerprint density at radius 1 is 0.921 bits per heavy atom. The number of aryl methyl sites for hydroxylation is 1. The van der Waals surface area contributed by atoms with Crippen LogP contribution in [0.4, 0.5) is 15.8 Å². The lowest BCUT2D eigenvalue weighted by Crippen LogP contribution is -2.74. The molecule has 0 bridgehead atoms. The van der Waals surface area contributed by atoms with Crippen LogP contribution in [0.15, 0.2) is 65.6 Å². The van der Waals surface area contributed by atoms with E-state index in [1.807, 2.05) is 39.8 Å². The van der Waals surface area contributed by atoms with Gasteiger partial charge in [0.15, 0.2) is 5.43 Å². The third-order valence-electron chi connectivity index (χ3n) is 14.6. The Labute approximate surface area is 367 Å². The van der Waals surface area contributed by atoms with Gasteiger partial charge in [-0.25, -0.2) is 4.39 Å². The fraction of sp³-hybridized carbons (Fsp3) is 0.490. The Morgan fingerprint density at radius 3 is 2.37 bits per heavy atom. The maximum absolute atomic E-state index is 15.8. The zero-order chi connectivity index (χ0) is 44.4. The van der Waals surface area contributed by atoms with Crippen molar-refractivity contribution >= 4 is 40.0 Å². The van der Waals surface area contributed by atoms with Crippen LogP contribution >= 0.6 is 0 Å². The molecule has 3 saturated heterocycles. The van der Waals surface area contributed by atoms with Crippen molar-refractivity contribution < 1.29 is 23.5 Å². The van der Waals surface area contributed by atoms with E-state index in [9.17, 15) is 24.4 Å². The fourth-order valence-electron chi connectivity index (χ4n) is 11.5. The first-order valence-electron chi connectivity index (χ1n) is 22.4. The van der Waals surface area contributed by atoms with Crippen LogP contribution in [-0.2, 0) is 18.4 Å². The second-order valence-electron chi connectivity index (χ2n) is 19.4. The number of nitrogens with one attached hydrogen (secondary N) is 2. The average Bonchev–Trinajstić information content (AvgIpc) is 3.60. The summed E-state index contributed by atoms with van der Waals surface area (Å²) in [6.45, 7) is 15.4. The van der Waals surface area contributed by atoms with E-state index < -0.39 is 22.7 Å². The molecule has 13 nitrogen and oxygen atoms in total. The van der Waals surface area contributed by atoms with E-state index in [1.165, 1.54) is 12.1 Å². The Bertz CT molecular complexity index is 2570. The van der Waals surface area contributed by atoms with Gasteiger partial charge in [-0.1, -0.05) is 27.7 Å². The van der Waals surface area contributed by atoms with E-state index in [4.69, 9.17) is 4.74 Å². The SMILES string of the molecule is Cn1ccc(=O)c2c(OC3C(C)(C)C(NC(=O)c4ccc(N5CCC(CN6CCN(c7ccc8c(c7)CN([C@H]7CCCNC7=O)C8=O)CC6)CC5)c(F)c4)C3(C)C)ccc(C#N)c21. The summed E-state index contributed by atoms with van der Waals surface area (Å²) in [7, 11) is 1.79. The predicted octanol–water partition coefficient (Wildman–Crippen LogP) is 5.43. The van der Waals surface area contributed by atoms with Crippen LogP contribution in [0.1, 0.15) is 85.2 Å². The second kappa shape index (κ2) is 16.3. The minimum absolute atomic E-state index is 0.0512. The molecule has 0 spiro atoms. The zero-order valence-corrected chi connectivity index (χ0v) is 36.9. The highest BCUT2D eigenvalue weighted by atomic mass is 19.1. The van der Waals surface area contributed by atoms with Crippen LogP contribution in [0.3, 0.4) is 0 Å². The molecule has 3 aromatic carbocycles. The maximum Gasteiger partial charge on any atom is 0.255 e. The van der Waals surface area contributed by atoms with Crippen LogP contribution in [0.2, 0.25) is 0 Å². The molecule has 0 radical (unpaired) electrons. The third-order valence-corrected chi connectivity index (χ3v) is 14.6. The van der Waals surface area contributed by atoms with Gasteiger partial charge in [0.05, 0.1) is 22.2 Å². The number of aromatic nitrogens is 1. The summed E-state index contributed by atoms with van der Waals surface area (Å²) in [6, 6.07) is 17.1. The van der Waals surface area contributed by atoms with Gasteiger partial charge in [0.25, 0.3) is 11.8 Å². The van der Waals surface area contributed by atoms with Crippen molar-refractivity contribution in [1.29, 1.82) is 5.26 Å². The molecule has 1 aromatic heterocycles. The van der Waals surface area contributed by atoms with Gasteiger partial charge in [-0.3, -0.25) is 24.1 Å². The number of rotatable bonds is 9. The van der Waals surface area contributed by atoms with Gasteiger partial charge in [-0.05, 0) is 85.7 Å². The fourth-order valence-corrected chi connectivity index (χ4v) is 11.5. The van der Waals surface area contributed by atoms with Crippen molar-refractivity contribution in [3.63, 3.8) is 0 Å². The smallest absolute Gasteiger partial charge is 0.255 e. The summed E-state index contributed by atoms with van der Waals surface area (Å²) < 4.78 is 24.1. The number of amides is 3. The summed E-state index contributed by atoms with van der Waals surface area (Å²) in [6.07, 6.45) is 4.76. The number of piperidine rings is 2. The number of hydrogen-bond donors (Lipinski definition) is 2. The van der Waals surface area contributed by atoms with Crippen LogP contribution in [0.5, 0.6) is 5.75 Å². The maximum atomic E-state index is 15.8. The molecule has 1 saturated carbocycles. The van der Waals surface area contributed by atoms with Gasteiger partial charge >= 0.3 is 0 Å². The molecule has 4 aromatic rings. The molecule has 2 N–H and O–H groups in total. The molecule has 330 valence electrons. The first-order valence-corrected chi connectivity index (χ1v) is 22.4. The van der Waals surface area contributed by atoms with Crippen LogP contribution in [0.25, 0.3) is 10.9 Å². The standard InChI is InChI=1S/C49H57FN8O5/c1-48(2)46(49(3,4)47(48)63-40-13-9-32(27-51)42-41(40)39(59)16-18-54(42)5)53-43(60)31-8-12-37(36(50)26-31)57-19-14-30(15-20-57)28-55-21-23-56(24-22-55)34-10-11-35-33(25-34)29-58(45(35)62)38-7-6-17-52-44(38)61/h8-13,16,18,25-26,30,38,46-47H,6-7,14-15,17,19-24,28-29H2,1-5H3,(H,52,61)(H,53,60)/t38-,46?,47?/m0/s1. The first-order chi connectivity index (χ1) is 30.1. The number of piperazine rings is 1. The molecule has 63 heavy (non-hydrogen) atoms. The first kappa shape index (κ1) is 42.4. The molecule has 9 rings (SSSR count). The summed E-state index contributed by atoms with van der Waals surface area (Å²) >= 11 is 0. The highest BCUT2D eigenvalue weighted by Gasteiger charge is 2.64. The summed E-state index contributed by atoms with van der Waals surface area (Å²) in [4.78, 5) is 61.1. The number of halogens is 1. The Kier molecular flexibility index (Phi) is 11.0. The van der Waals surface area contributed by atoms with E-state index >= 15 is 4.39 Å². The summed E-state index contributed by atoms with van der Waals surface area (Å²) in [5.74, 6) is 0.0342. The lowest BCUT2D eigenvalue weighted by atomic mass is 9.49. The number of nitriles is 1. The number of nitrogens with zero attached hydrogens (tertiary/aromatic N) is 6. The molecule has 0 unspecified atom stereocenters. The third kappa shape index (κ3) is 7.58. The number of fused-ring (bicyclic) bond motifs is 2. The Balaban J connectivity index is 0.759. The van der Waals surface area contributed by atoms with Crippen LogP contribution in [0, 0.1) is 33.9 Å². The van der Waals surface area contributed by atoms with Gasteiger partial charge < -0.3 is 34.6 Å². The van der Waals surface area contributed by atoms with E-state index in [0.717, 1.165) is 76.3 Å². The number of benzene rings is 3. The Morgan fingerprint density at radius 2 is 1.67 bits per heavy atom. The van der Waals surface area contributed by atoms with Crippen molar-refractivity contribution in [2.24, 2.45) is 23.8 Å². The lowest BCUT2D eigenvalue weighted by molar-refractivity contribution is -0.163. The highest BCUT2D eigenvalue weighted by Crippen LogP contribution is 2.56. The molecule has 1 aliphatic carbocycles. The van der Waals surface area contributed by atoms with Gasteiger partial charge in [0.2, 0.25) is 5.91 Å². The zero-order valence-electron chi connectivity index (χ0n) is 36.9. The highest BCUT2D eigenvalue weighted by molar-refractivity contribution is 6.01. The minimum atomic E-state index is -0.542. The average molecular weight is 857 g/mol. The largest absolute Gasteiger partial charge is 0.488 e. The lowest BCUT2D eigenvalue weighted by Gasteiger charge is -2.63. The molecule has 5 aliphatic rings. The quantitative estimate of drug-likeness (QED) is 0.225. The van der Waals surface area contributed by atoms with Crippen LogP contribution < -0.4 is 30.6 Å². The second-order valence-corrected chi connectivity index (χ2v) is 19.4. The van der Waals surface area contributed by atoms with Crippen molar-refractivity contribution in [1.82, 2.24) is 25.0 Å². The molecular weight excluding hydrogens is 800 g/mol. The normalized spacial score (nSPS) is 23.5. The number of ether oxygens (including phenoxy) is 1. The number of hydrogen-bond acceptors (Lipinski definition) is 9. The van der Waals surface area contributed by atoms with Crippen molar-refractivity contribution in [3.05, 3.63) is 99.1 Å². The molecule has 4 aliphatic heterocycles. The molecule has 4 fully saturated rings. The van der Waals surface area contributed by atoms with Gasteiger partial charge in [0.1, 0.15) is 29.8 Å². The minimum Gasteiger partial charge on any atom is -0.488 e. The molecule has 14 heteroatoms. The number of anilines is 2. The van der Waals surface area contributed by atoms with E-state index in [2.05, 4.69) is 37.5 Å². The van der Waals surface area contributed by atoms with Crippen molar-refractivity contribution in [3.8, 4) is 11.8 Å². The monoisotopic (exact) mass is 856 g/mol. The van der Waals surface area contributed by atoms with E-state index in [0.29, 0.717) is 58.9 Å². The topological polar surface area (TPSA) is 143 Å².